The van der Waals surface area contributed by atoms with E-state index >= 15 is 0 Å². The highest BCUT2D eigenvalue weighted by Gasteiger charge is 2.29. The van der Waals surface area contributed by atoms with Gasteiger partial charge in [0.25, 0.3) is 0 Å². The molecule has 1 N–H and O–H groups in total. The van der Waals surface area contributed by atoms with E-state index in [4.69, 9.17) is 4.74 Å². The topological polar surface area (TPSA) is 75.7 Å². The van der Waals surface area contributed by atoms with E-state index in [-0.39, 0.29) is 12.5 Å². The number of carbonyl (C=O) groups excluding carboxylic acids is 1. The summed E-state index contributed by atoms with van der Waals surface area (Å²) in [6, 6.07) is 11.9. The second-order valence-corrected chi connectivity index (χ2v) is 8.47. The van der Waals surface area contributed by atoms with Gasteiger partial charge < -0.3 is 10.1 Å². The zero-order valence-corrected chi connectivity index (χ0v) is 17.1. The molecule has 7 heteroatoms. The SMILES string of the molecule is COc1ccccc1CNC(=O)[C@H](C)N(c1cc(C)cc(C)c1)S(C)(=O)=O. The quantitative estimate of drug-likeness (QED) is 0.789. The summed E-state index contributed by atoms with van der Waals surface area (Å²) in [6.07, 6.45) is 1.11. The van der Waals surface area contributed by atoms with Crippen LogP contribution in [0.15, 0.2) is 42.5 Å². The number of nitrogens with one attached hydrogen (secondary N) is 1. The fraction of sp³-hybridized carbons (Fsp3) is 0.350. The summed E-state index contributed by atoms with van der Waals surface area (Å²) in [4.78, 5) is 12.7. The van der Waals surface area contributed by atoms with Crippen LogP contribution in [0.5, 0.6) is 5.75 Å². The third-order valence-corrected chi connectivity index (χ3v) is 5.44. The molecule has 0 aromatic heterocycles. The van der Waals surface area contributed by atoms with Gasteiger partial charge in [0, 0.05) is 12.1 Å². The van der Waals surface area contributed by atoms with E-state index in [9.17, 15) is 13.2 Å². The Morgan fingerprint density at radius 1 is 1.15 bits per heavy atom. The molecule has 146 valence electrons. The number of aryl methyl sites for hydroxylation is 2. The summed E-state index contributed by atoms with van der Waals surface area (Å²) < 4.78 is 31.2. The van der Waals surface area contributed by atoms with Crippen molar-refractivity contribution in [2.75, 3.05) is 17.7 Å². The van der Waals surface area contributed by atoms with Crippen LogP contribution in [0.25, 0.3) is 0 Å². The minimum atomic E-state index is -3.64. The first-order chi connectivity index (χ1) is 12.6. The number of rotatable bonds is 7. The Balaban J connectivity index is 2.25. The van der Waals surface area contributed by atoms with E-state index < -0.39 is 16.1 Å². The van der Waals surface area contributed by atoms with Crippen molar-refractivity contribution in [3.05, 3.63) is 59.2 Å². The number of benzene rings is 2. The molecule has 0 bridgehead atoms. The van der Waals surface area contributed by atoms with Gasteiger partial charge in [0.1, 0.15) is 11.8 Å². The number of hydrogen-bond acceptors (Lipinski definition) is 4. The maximum Gasteiger partial charge on any atom is 0.243 e. The molecule has 1 amide bonds. The van der Waals surface area contributed by atoms with Gasteiger partial charge in [-0.15, -0.1) is 0 Å². The van der Waals surface area contributed by atoms with Crippen molar-refractivity contribution in [1.29, 1.82) is 0 Å². The number of amides is 1. The lowest BCUT2D eigenvalue weighted by molar-refractivity contribution is -0.122. The molecule has 6 nitrogen and oxygen atoms in total. The highest BCUT2D eigenvalue weighted by atomic mass is 32.2. The standard InChI is InChI=1S/C20H26N2O4S/c1-14-10-15(2)12-18(11-14)22(27(5,24)25)16(3)20(23)21-13-17-8-6-7-9-19(17)26-4/h6-12,16H,13H2,1-5H3,(H,21,23)/t16-/m0/s1. The highest BCUT2D eigenvalue weighted by molar-refractivity contribution is 7.92. The van der Waals surface area contributed by atoms with Gasteiger partial charge in [0.05, 0.1) is 19.1 Å². The third kappa shape index (κ3) is 5.23. The molecular formula is C20H26N2O4S. The van der Waals surface area contributed by atoms with E-state index in [2.05, 4.69) is 5.32 Å². The molecule has 2 aromatic rings. The first-order valence-corrected chi connectivity index (χ1v) is 10.5. The van der Waals surface area contributed by atoms with Crippen molar-refractivity contribution in [2.45, 2.75) is 33.4 Å². The molecule has 0 unspecified atom stereocenters. The van der Waals surface area contributed by atoms with E-state index in [1.807, 2.05) is 44.2 Å². The lowest BCUT2D eigenvalue weighted by Gasteiger charge is -2.29. The minimum Gasteiger partial charge on any atom is -0.496 e. The molecule has 0 saturated heterocycles. The number of methoxy groups -OCH3 is 1. The number of anilines is 1. The van der Waals surface area contributed by atoms with Crippen molar-refractivity contribution in [1.82, 2.24) is 5.32 Å². The Kier molecular flexibility index (Phi) is 6.49. The number of carbonyl (C=O) groups is 1. The Morgan fingerprint density at radius 3 is 2.30 bits per heavy atom. The number of ether oxygens (including phenoxy) is 1. The number of hydrogen-bond donors (Lipinski definition) is 1. The lowest BCUT2D eigenvalue weighted by atomic mass is 10.1. The highest BCUT2D eigenvalue weighted by Crippen LogP contribution is 2.24. The van der Waals surface area contributed by atoms with Crippen LogP contribution in [0.2, 0.25) is 0 Å². The molecule has 1 atom stereocenters. The monoisotopic (exact) mass is 390 g/mol. The summed E-state index contributed by atoms with van der Waals surface area (Å²) in [5.74, 6) is 0.283. The second-order valence-electron chi connectivity index (χ2n) is 6.61. The van der Waals surface area contributed by atoms with Crippen molar-refractivity contribution in [3.8, 4) is 5.75 Å². The van der Waals surface area contributed by atoms with Crippen LogP contribution >= 0.6 is 0 Å². The van der Waals surface area contributed by atoms with E-state index in [1.54, 1.807) is 26.2 Å². The second kappa shape index (κ2) is 8.43. The van der Waals surface area contributed by atoms with E-state index in [0.29, 0.717) is 11.4 Å². The van der Waals surface area contributed by atoms with Crippen molar-refractivity contribution in [2.24, 2.45) is 0 Å². The number of sulfonamides is 1. The molecule has 2 rings (SSSR count). The Hall–Kier alpha value is -2.54. The summed E-state index contributed by atoms with van der Waals surface area (Å²) in [7, 11) is -2.08. The van der Waals surface area contributed by atoms with Gasteiger partial charge in [-0.05, 0) is 50.1 Å². The van der Waals surface area contributed by atoms with E-state index in [0.717, 1.165) is 27.3 Å². The molecule has 27 heavy (non-hydrogen) atoms. The molecule has 0 saturated carbocycles. The number of nitrogens with zero attached hydrogens (tertiary/aromatic N) is 1. The fourth-order valence-electron chi connectivity index (χ4n) is 3.07. The van der Waals surface area contributed by atoms with Crippen LogP contribution in [0.1, 0.15) is 23.6 Å². The largest absolute Gasteiger partial charge is 0.496 e. The van der Waals surface area contributed by atoms with Crippen molar-refractivity contribution in [3.63, 3.8) is 0 Å². The summed E-state index contributed by atoms with van der Waals surface area (Å²) in [5.41, 5.74) is 3.16. The summed E-state index contributed by atoms with van der Waals surface area (Å²) >= 11 is 0. The van der Waals surface area contributed by atoms with Crippen molar-refractivity contribution >= 4 is 21.6 Å². The molecule has 0 heterocycles. The molecule has 0 radical (unpaired) electrons. The Bertz CT molecular complexity index is 905. The Labute approximate surface area is 161 Å². The maximum absolute atomic E-state index is 12.7. The molecule has 0 fully saturated rings. The van der Waals surface area contributed by atoms with Gasteiger partial charge in [-0.3, -0.25) is 9.10 Å². The van der Waals surface area contributed by atoms with E-state index in [1.165, 1.54) is 0 Å². The lowest BCUT2D eigenvalue weighted by Crippen LogP contribution is -2.47. The van der Waals surface area contributed by atoms with Crippen LogP contribution in [-0.4, -0.2) is 33.7 Å². The summed E-state index contributed by atoms with van der Waals surface area (Å²) in [5, 5.41) is 2.80. The van der Waals surface area contributed by atoms with Gasteiger partial charge in [0.15, 0.2) is 0 Å². The predicted molar refractivity (Wildman–Crippen MR) is 108 cm³/mol. The molecular weight excluding hydrogens is 364 g/mol. The molecule has 0 aliphatic heterocycles. The van der Waals surface area contributed by atoms with Gasteiger partial charge in [-0.1, -0.05) is 24.3 Å². The van der Waals surface area contributed by atoms with Crippen LogP contribution in [0.3, 0.4) is 0 Å². The van der Waals surface area contributed by atoms with Crippen LogP contribution in [-0.2, 0) is 21.4 Å². The molecule has 2 aromatic carbocycles. The molecule has 0 spiro atoms. The average Bonchev–Trinajstić information content (AvgIpc) is 2.57. The van der Waals surface area contributed by atoms with Gasteiger partial charge >= 0.3 is 0 Å². The first kappa shape index (κ1) is 20.8. The van der Waals surface area contributed by atoms with Crippen LogP contribution in [0.4, 0.5) is 5.69 Å². The zero-order chi connectivity index (χ0) is 20.2. The molecule has 0 aliphatic carbocycles. The fourth-order valence-corrected chi connectivity index (χ4v) is 4.22. The summed E-state index contributed by atoms with van der Waals surface area (Å²) in [6.45, 7) is 5.61. The van der Waals surface area contributed by atoms with Crippen molar-refractivity contribution < 1.29 is 17.9 Å². The van der Waals surface area contributed by atoms with Gasteiger partial charge in [-0.2, -0.15) is 0 Å². The zero-order valence-electron chi connectivity index (χ0n) is 16.3. The predicted octanol–water partition coefficient (Wildman–Crippen LogP) is 2.78. The molecule has 0 aliphatic rings. The van der Waals surface area contributed by atoms with Gasteiger partial charge in [0.2, 0.25) is 15.9 Å². The third-order valence-electron chi connectivity index (χ3n) is 4.20. The first-order valence-electron chi connectivity index (χ1n) is 8.60. The number of para-hydroxylation sites is 1. The smallest absolute Gasteiger partial charge is 0.243 e. The van der Waals surface area contributed by atoms with Crippen LogP contribution in [0, 0.1) is 13.8 Å². The average molecular weight is 391 g/mol. The Morgan fingerprint density at radius 2 is 1.74 bits per heavy atom. The van der Waals surface area contributed by atoms with Gasteiger partial charge in [-0.25, -0.2) is 8.42 Å². The van der Waals surface area contributed by atoms with Crippen LogP contribution < -0.4 is 14.4 Å². The maximum atomic E-state index is 12.7. The minimum absolute atomic E-state index is 0.248. The normalized spacial score (nSPS) is 12.3.